The lowest BCUT2D eigenvalue weighted by atomic mass is 9.98. The minimum absolute atomic E-state index is 0.0504. The quantitative estimate of drug-likeness (QED) is 0.390. The zero-order valence-corrected chi connectivity index (χ0v) is 18.6. The zero-order chi connectivity index (χ0) is 21.9. The van der Waals surface area contributed by atoms with Gasteiger partial charge in [0.2, 0.25) is 5.13 Å². The molecule has 0 saturated carbocycles. The maximum Gasteiger partial charge on any atom is 0.207 e. The van der Waals surface area contributed by atoms with E-state index in [2.05, 4.69) is 34.6 Å². The molecule has 2 aromatic heterocycles. The van der Waals surface area contributed by atoms with Gasteiger partial charge in [-0.1, -0.05) is 12.1 Å². The highest BCUT2D eigenvalue weighted by Crippen LogP contribution is 2.39. The summed E-state index contributed by atoms with van der Waals surface area (Å²) in [4.78, 5) is 8.99. The average molecular weight is 443 g/mol. The van der Waals surface area contributed by atoms with E-state index in [4.69, 9.17) is 19.6 Å². The Morgan fingerprint density at radius 3 is 2.16 bits per heavy atom. The highest BCUT2D eigenvalue weighted by Gasteiger charge is 2.31. The topological polar surface area (TPSA) is 59.8 Å². The van der Waals surface area contributed by atoms with Crippen LogP contribution in [0.25, 0.3) is 11.3 Å². The molecule has 7 heteroatoms. The van der Waals surface area contributed by atoms with Crippen LogP contribution in [0, 0.1) is 0 Å². The molecule has 0 aliphatic carbocycles. The number of pyridine rings is 1. The van der Waals surface area contributed by atoms with Crippen molar-refractivity contribution in [3.63, 3.8) is 0 Å². The molecule has 0 spiro atoms. The molecule has 1 aliphatic rings. The van der Waals surface area contributed by atoms with Gasteiger partial charge in [0.25, 0.3) is 0 Å². The first-order valence-corrected chi connectivity index (χ1v) is 11.1. The molecule has 0 bridgehead atoms. The van der Waals surface area contributed by atoms with Crippen LogP contribution >= 0.6 is 11.3 Å². The van der Waals surface area contributed by atoms with E-state index in [0.29, 0.717) is 0 Å². The van der Waals surface area contributed by atoms with Gasteiger partial charge in [-0.3, -0.25) is 4.98 Å². The van der Waals surface area contributed by atoms with Crippen molar-refractivity contribution in [3.05, 3.63) is 89.6 Å². The monoisotopic (exact) mass is 442 g/mol. The van der Waals surface area contributed by atoms with Gasteiger partial charge in [-0.15, -0.1) is 11.3 Å². The van der Waals surface area contributed by atoms with Gasteiger partial charge in [0.15, 0.2) is 0 Å². The number of anilines is 1. The van der Waals surface area contributed by atoms with Crippen LogP contribution in [0.1, 0.15) is 23.6 Å². The summed E-state index contributed by atoms with van der Waals surface area (Å²) in [7, 11) is 3.35. The Balaban J connectivity index is 1.51. The summed E-state index contributed by atoms with van der Waals surface area (Å²) in [5.74, 6) is 1.67. The second-order valence-electron chi connectivity index (χ2n) is 7.36. The second kappa shape index (κ2) is 8.80. The summed E-state index contributed by atoms with van der Waals surface area (Å²) in [5.41, 5.74) is 5.24. The van der Waals surface area contributed by atoms with Gasteiger partial charge in [0.05, 0.1) is 31.7 Å². The zero-order valence-electron chi connectivity index (χ0n) is 17.8. The largest absolute Gasteiger partial charge is 0.497 e. The molecule has 32 heavy (non-hydrogen) atoms. The van der Waals surface area contributed by atoms with Crippen molar-refractivity contribution in [3.8, 4) is 22.8 Å². The van der Waals surface area contributed by atoms with Crippen molar-refractivity contribution in [2.45, 2.75) is 12.5 Å². The molecule has 4 aromatic rings. The number of ether oxygens (including phenoxy) is 2. The van der Waals surface area contributed by atoms with Gasteiger partial charge < -0.3 is 9.47 Å². The van der Waals surface area contributed by atoms with Gasteiger partial charge in [-0.25, -0.2) is 9.99 Å². The van der Waals surface area contributed by atoms with Crippen LogP contribution in [-0.4, -0.2) is 29.9 Å². The van der Waals surface area contributed by atoms with Gasteiger partial charge in [0.1, 0.15) is 11.5 Å². The highest BCUT2D eigenvalue weighted by atomic mass is 32.1. The van der Waals surface area contributed by atoms with Gasteiger partial charge in [-0.2, -0.15) is 5.10 Å². The molecule has 1 atom stereocenters. The van der Waals surface area contributed by atoms with E-state index >= 15 is 0 Å². The highest BCUT2D eigenvalue weighted by molar-refractivity contribution is 7.14. The summed E-state index contributed by atoms with van der Waals surface area (Å²) in [5, 5.41) is 9.97. The van der Waals surface area contributed by atoms with Gasteiger partial charge in [-0.05, 0) is 59.7 Å². The first-order chi connectivity index (χ1) is 15.7. The SMILES string of the molecule is COc1ccc(C2=NN(c3nc(-c4ccncc4)cs3)C(c3ccc(OC)cc3)C2)cc1. The van der Waals surface area contributed by atoms with Gasteiger partial charge in [0, 0.05) is 29.8 Å². The Hall–Kier alpha value is -3.71. The third-order valence-electron chi connectivity index (χ3n) is 5.50. The molecule has 5 rings (SSSR count). The second-order valence-corrected chi connectivity index (χ2v) is 8.20. The number of thiazole rings is 1. The van der Waals surface area contributed by atoms with E-state index in [0.717, 1.165) is 45.6 Å². The molecule has 0 N–H and O–H groups in total. The van der Waals surface area contributed by atoms with Crippen LogP contribution < -0.4 is 14.5 Å². The van der Waals surface area contributed by atoms with E-state index in [1.165, 1.54) is 5.56 Å². The summed E-state index contributed by atoms with van der Waals surface area (Å²) >= 11 is 1.59. The Bertz CT molecular complexity index is 1220. The number of rotatable bonds is 6. The fourth-order valence-electron chi connectivity index (χ4n) is 3.76. The predicted molar refractivity (Wildman–Crippen MR) is 128 cm³/mol. The maximum atomic E-state index is 5.34. The third kappa shape index (κ3) is 3.94. The third-order valence-corrected chi connectivity index (χ3v) is 6.33. The summed E-state index contributed by atoms with van der Waals surface area (Å²) in [6, 6.07) is 20.2. The average Bonchev–Trinajstić information content (AvgIpc) is 3.52. The molecule has 2 aromatic carbocycles. The van der Waals surface area contributed by atoms with Crippen LogP contribution in [0.5, 0.6) is 11.5 Å². The van der Waals surface area contributed by atoms with Crippen LogP contribution in [-0.2, 0) is 0 Å². The number of hydrogen-bond donors (Lipinski definition) is 0. The van der Waals surface area contributed by atoms with E-state index in [1.807, 2.05) is 41.4 Å². The van der Waals surface area contributed by atoms with Crippen molar-refractivity contribution < 1.29 is 9.47 Å². The number of hydrogen-bond acceptors (Lipinski definition) is 7. The number of benzene rings is 2. The lowest BCUT2D eigenvalue weighted by Gasteiger charge is -2.21. The summed E-state index contributed by atoms with van der Waals surface area (Å²) < 4.78 is 10.6. The molecule has 3 heterocycles. The Labute approximate surface area is 190 Å². The van der Waals surface area contributed by atoms with E-state index < -0.39 is 0 Å². The van der Waals surface area contributed by atoms with Crippen LogP contribution in [0.15, 0.2) is 83.5 Å². The van der Waals surface area contributed by atoms with Crippen LogP contribution in [0.2, 0.25) is 0 Å². The molecular weight excluding hydrogens is 420 g/mol. The van der Waals surface area contributed by atoms with Crippen LogP contribution in [0.4, 0.5) is 5.13 Å². The number of nitrogens with zero attached hydrogens (tertiary/aromatic N) is 4. The van der Waals surface area contributed by atoms with Gasteiger partial charge >= 0.3 is 0 Å². The van der Waals surface area contributed by atoms with Crippen molar-refractivity contribution >= 4 is 22.2 Å². The van der Waals surface area contributed by atoms with E-state index in [-0.39, 0.29) is 6.04 Å². The molecule has 1 unspecified atom stereocenters. The van der Waals surface area contributed by atoms with E-state index in [1.54, 1.807) is 38.0 Å². The smallest absolute Gasteiger partial charge is 0.207 e. The molecule has 0 radical (unpaired) electrons. The first kappa shape index (κ1) is 20.2. The molecular formula is C25H22N4O2S. The number of hydrazone groups is 1. The number of aromatic nitrogens is 2. The number of methoxy groups -OCH3 is 2. The van der Waals surface area contributed by atoms with Crippen molar-refractivity contribution in [2.24, 2.45) is 5.10 Å². The maximum absolute atomic E-state index is 5.34. The fourth-order valence-corrected chi connectivity index (χ4v) is 4.59. The molecule has 0 amide bonds. The van der Waals surface area contributed by atoms with Crippen molar-refractivity contribution in [1.82, 2.24) is 9.97 Å². The first-order valence-electron chi connectivity index (χ1n) is 10.3. The van der Waals surface area contributed by atoms with Crippen molar-refractivity contribution in [1.29, 1.82) is 0 Å². The standard InChI is InChI=1S/C25H22N4O2S/c1-30-20-7-3-17(4-8-20)22-15-24(19-5-9-21(31-2)10-6-19)29(28-22)25-27-23(16-32-25)18-11-13-26-14-12-18/h3-14,16,24H,15H2,1-2H3. The lowest BCUT2D eigenvalue weighted by molar-refractivity contribution is 0.414. The Kier molecular flexibility index (Phi) is 5.56. The molecule has 0 saturated heterocycles. The predicted octanol–water partition coefficient (Wildman–Crippen LogP) is 5.58. The molecule has 0 fully saturated rings. The lowest BCUT2D eigenvalue weighted by Crippen LogP contribution is -2.18. The normalized spacial score (nSPS) is 15.5. The molecule has 160 valence electrons. The fraction of sp³-hybridized carbons (Fsp3) is 0.160. The Morgan fingerprint density at radius 1 is 0.844 bits per heavy atom. The minimum Gasteiger partial charge on any atom is -0.497 e. The summed E-state index contributed by atoms with van der Waals surface area (Å²) in [6.07, 6.45) is 4.34. The Morgan fingerprint density at radius 2 is 1.50 bits per heavy atom. The molecule has 6 nitrogen and oxygen atoms in total. The minimum atomic E-state index is 0.0504. The van der Waals surface area contributed by atoms with E-state index in [9.17, 15) is 0 Å². The summed E-state index contributed by atoms with van der Waals surface area (Å²) in [6.45, 7) is 0. The van der Waals surface area contributed by atoms with Crippen LogP contribution in [0.3, 0.4) is 0 Å². The molecule has 1 aliphatic heterocycles. The van der Waals surface area contributed by atoms with Crippen molar-refractivity contribution in [2.75, 3.05) is 19.2 Å².